The second-order valence-corrected chi connectivity index (χ2v) is 6.70. The largest absolute Gasteiger partial charge is 0.378 e. The van der Waals surface area contributed by atoms with E-state index in [1.54, 1.807) is 0 Å². The number of benzene rings is 1. The summed E-state index contributed by atoms with van der Waals surface area (Å²) >= 11 is 0. The molecule has 0 aliphatic carbocycles. The van der Waals surface area contributed by atoms with Crippen LogP contribution >= 0.6 is 0 Å². The van der Waals surface area contributed by atoms with Crippen LogP contribution in [0, 0.1) is 6.92 Å². The van der Waals surface area contributed by atoms with Crippen molar-refractivity contribution >= 4 is 5.69 Å². The molecule has 0 spiro atoms. The zero-order valence-electron chi connectivity index (χ0n) is 14.7. The minimum Gasteiger partial charge on any atom is -0.378 e. The molecule has 1 N–H and O–H groups in total. The molecule has 1 unspecified atom stereocenters. The Morgan fingerprint density at radius 3 is 2.56 bits per heavy atom. The Kier molecular flexibility index (Phi) is 4.22. The smallest absolute Gasteiger partial charge is 0.125 e. The molecule has 3 heterocycles. The highest BCUT2D eigenvalue weighted by atomic mass is 15.1. The Morgan fingerprint density at radius 1 is 1.08 bits per heavy atom. The van der Waals surface area contributed by atoms with E-state index < -0.39 is 0 Å². The van der Waals surface area contributed by atoms with E-state index in [2.05, 4.69) is 57.2 Å². The Bertz CT molecular complexity index is 825. The Morgan fingerprint density at radius 2 is 1.84 bits per heavy atom. The van der Waals surface area contributed by atoms with Crippen molar-refractivity contribution < 1.29 is 0 Å². The van der Waals surface area contributed by atoms with Crippen LogP contribution in [-0.2, 0) is 13.0 Å². The SMILES string of the molecule is Cc1ncc(C(C)Nc2ccc(-c3cn4c(n3)CCCC4)cc2)cn1. The second kappa shape index (κ2) is 6.67. The Hall–Kier alpha value is -2.69. The molecule has 0 saturated heterocycles. The van der Waals surface area contributed by atoms with Gasteiger partial charge in [0, 0.05) is 48.4 Å². The summed E-state index contributed by atoms with van der Waals surface area (Å²) in [5.74, 6) is 2.01. The number of nitrogens with zero attached hydrogens (tertiary/aromatic N) is 4. The van der Waals surface area contributed by atoms with Gasteiger partial charge < -0.3 is 9.88 Å². The molecule has 25 heavy (non-hydrogen) atoms. The molecule has 1 aliphatic heterocycles. The first kappa shape index (κ1) is 15.8. The summed E-state index contributed by atoms with van der Waals surface area (Å²) in [6.45, 7) is 5.11. The van der Waals surface area contributed by atoms with Crippen molar-refractivity contribution in [1.29, 1.82) is 0 Å². The third kappa shape index (κ3) is 3.40. The molecule has 4 rings (SSSR count). The number of nitrogens with one attached hydrogen (secondary N) is 1. The summed E-state index contributed by atoms with van der Waals surface area (Å²) in [5, 5.41) is 3.50. The number of aromatic nitrogens is 4. The number of aryl methyl sites for hydroxylation is 3. The van der Waals surface area contributed by atoms with E-state index in [1.807, 2.05) is 19.3 Å². The summed E-state index contributed by atoms with van der Waals surface area (Å²) < 4.78 is 2.30. The van der Waals surface area contributed by atoms with E-state index in [1.165, 1.54) is 24.2 Å². The van der Waals surface area contributed by atoms with Gasteiger partial charge in [-0.1, -0.05) is 12.1 Å². The molecule has 3 aromatic rings. The maximum atomic E-state index is 4.79. The van der Waals surface area contributed by atoms with E-state index in [-0.39, 0.29) is 6.04 Å². The summed E-state index contributed by atoms with van der Waals surface area (Å²) in [6.07, 6.45) is 9.54. The van der Waals surface area contributed by atoms with Gasteiger partial charge in [0.05, 0.1) is 11.7 Å². The van der Waals surface area contributed by atoms with E-state index in [0.29, 0.717) is 0 Å². The lowest BCUT2D eigenvalue weighted by Crippen LogP contribution is -2.08. The molecule has 5 nitrogen and oxygen atoms in total. The molecule has 0 fully saturated rings. The summed E-state index contributed by atoms with van der Waals surface area (Å²) in [4.78, 5) is 13.3. The van der Waals surface area contributed by atoms with Crippen LogP contribution in [-0.4, -0.2) is 19.5 Å². The van der Waals surface area contributed by atoms with Crippen molar-refractivity contribution in [3.63, 3.8) is 0 Å². The molecule has 2 aromatic heterocycles. The molecule has 0 amide bonds. The van der Waals surface area contributed by atoms with Crippen LogP contribution in [0.25, 0.3) is 11.3 Å². The maximum absolute atomic E-state index is 4.79. The van der Waals surface area contributed by atoms with Crippen LogP contribution < -0.4 is 5.32 Å². The highest BCUT2D eigenvalue weighted by molar-refractivity contribution is 5.62. The minimum absolute atomic E-state index is 0.159. The van der Waals surface area contributed by atoms with Crippen molar-refractivity contribution in [1.82, 2.24) is 19.5 Å². The maximum Gasteiger partial charge on any atom is 0.125 e. The lowest BCUT2D eigenvalue weighted by atomic mass is 10.1. The monoisotopic (exact) mass is 333 g/mol. The van der Waals surface area contributed by atoms with Crippen LogP contribution in [0.3, 0.4) is 0 Å². The van der Waals surface area contributed by atoms with E-state index in [4.69, 9.17) is 4.98 Å². The molecule has 1 aromatic carbocycles. The first-order valence-corrected chi connectivity index (χ1v) is 8.90. The van der Waals surface area contributed by atoms with E-state index in [9.17, 15) is 0 Å². The predicted octanol–water partition coefficient (Wildman–Crippen LogP) is 4.16. The highest BCUT2D eigenvalue weighted by Crippen LogP contribution is 2.25. The third-order valence-corrected chi connectivity index (χ3v) is 4.77. The fourth-order valence-electron chi connectivity index (χ4n) is 3.25. The van der Waals surface area contributed by atoms with Gasteiger partial charge in [-0.3, -0.25) is 0 Å². The van der Waals surface area contributed by atoms with Gasteiger partial charge >= 0.3 is 0 Å². The lowest BCUT2D eigenvalue weighted by Gasteiger charge is -2.15. The summed E-state index contributed by atoms with van der Waals surface area (Å²) in [5.41, 5.74) is 4.40. The van der Waals surface area contributed by atoms with Crippen molar-refractivity contribution in [2.75, 3.05) is 5.32 Å². The quantitative estimate of drug-likeness (QED) is 0.779. The van der Waals surface area contributed by atoms with Crippen molar-refractivity contribution in [2.45, 2.75) is 45.7 Å². The molecular formula is C20H23N5. The van der Waals surface area contributed by atoms with Gasteiger partial charge in [0.2, 0.25) is 0 Å². The standard InChI is InChI=1S/C20H23N5/c1-14(17-11-21-15(2)22-12-17)23-18-8-6-16(7-9-18)19-13-25-10-4-3-5-20(25)24-19/h6-9,11-14,23H,3-5,10H2,1-2H3. The number of rotatable bonds is 4. The normalized spacial score (nSPS) is 14.8. The van der Waals surface area contributed by atoms with Crippen LogP contribution in [0.4, 0.5) is 5.69 Å². The molecular weight excluding hydrogens is 310 g/mol. The minimum atomic E-state index is 0.159. The van der Waals surface area contributed by atoms with E-state index in [0.717, 1.165) is 35.7 Å². The van der Waals surface area contributed by atoms with Crippen LogP contribution in [0.1, 0.15) is 43.0 Å². The van der Waals surface area contributed by atoms with Crippen LogP contribution in [0.2, 0.25) is 0 Å². The van der Waals surface area contributed by atoms with Gasteiger partial charge in [0.25, 0.3) is 0 Å². The predicted molar refractivity (Wildman–Crippen MR) is 99.4 cm³/mol. The topological polar surface area (TPSA) is 55.6 Å². The highest BCUT2D eigenvalue weighted by Gasteiger charge is 2.13. The molecule has 1 aliphatic rings. The van der Waals surface area contributed by atoms with Gasteiger partial charge in [-0.05, 0) is 38.8 Å². The molecule has 128 valence electrons. The van der Waals surface area contributed by atoms with E-state index >= 15 is 0 Å². The Labute approximate surface area is 148 Å². The molecule has 0 bridgehead atoms. The zero-order valence-corrected chi connectivity index (χ0v) is 14.7. The first-order valence-electron chi connectivity index (χ1n) is 8.90. The fourth-order valence-corrected chi connectivity index (χ4v) is 3.25. The molecule has 5 heteroatoms. The molecule has 0 radical (unpaired) electrons. The number of fused-ring (bicyclic) bond motifs is 1. The van der Waals surface area contributed by atoms with Crippen LogP contribution in [0.5, 0.6) is 0 Å². The second-order valence-electron chi connectivity index (χ2n) is 6.70. The number of anilines is 1. The average molecular weight is 333 g/mol. The Balaban J connectivity index is 1.48. The van der Waals surface area contributed by atoms with Gasteiger partial charge in [0.1, 0.15) is 11.6 Å². The average Bonchev–Trinajstić information content (AvgIpc) is 3.07. The molecule has 1 atom stereocenters. The van der Waals surface area contributed by atoms with Gasteiger partial charge in [0.15, 0.2) is 0 Å². The van der Waals surface area contributed by atoms with Gasteiger partial charge in [-0.25, -0.2) is 15.0 Å². The fraction of sp³-hybridized carbons (Fsp3) is 0.350. The summed E-state index contributed by atoms with van der Waals surface area (Å²) in [7, 11) is 0. The number of hydrogen-bond acceptors (Lipinski definition) is 4. The van der Waals surface area contributed by atoms with Crippen molar-refractivity contribution in [3.8, 4) is 11.3 Å². The summed E-state index contributed by atoms with van der Waals surface area (Å²) in [6, 6.07) is 8.65. The molecule has 0 saturated carbocycles. The van der Waals surface area contributed by atoms with Crippen LogP contribution in [0.15, 0.2) is 42.9 Å². The van der Waals surface area contributed by atoms with Gasteiger partial charge in [-0.2, -0.15) is 0 Å². The van der Waals surface area contributed by atoms with Crippen molar-refractivity contribution in [3.05, 3.63) is 60.1 Å². The van der Waals surface area contributed by atoms with Gasteiger partial charge in [-0.15, -0.1) is 0 Å². The number of imidazole rings is 1. The number of hydrogen-bond donors (Lipinski definition) is 1. The first-order chi connectivity index (χ1) is 12.2. The zero-order chi connectivity index (χ0) is 17.2. The van der Waals surface area contributed by atoms with Crippen molar-refractivity contribution in [2.24, 2.45) is 0 Å². The third-order valence-electron chi connectivity index (χ3n) is 4.77. The lowest BCUT2D eigenvalue weighted by molar-refractivity contribution is 0.522.